The van der Waals surface area contributed by atoms with E-state index in [1.807, 2.05) is 18.7 Å². The van der Waals surface area contributed by atoms with Gasteiger partial charge in [-0.15, -0.1) is 23.5 Å². The van der Waals surface area contributed by atoms with Crippen LogP contribution in [-0.2, 0) is 4.79 Å². The maximum Gasteiger partial charge on any atom is 0.178 e. The Morgan fingerprint density at radius 2 is 2.03 bits per heavy atom. The Bertz CT molecular complexity index is 751. The molecule has 4 rings (SSSR count). The van der Waals surface area contributed by atoms with Crippen molar-refractivity contribution in [3.8, 4) is 0 Å². The zero-order valence-corrected chi connectivity index (χ0v) is 19.8. The molecule has 3 saturated carbocycles. The summed E-state index contributed by atoms with van der Waals surface area (Å²) in [5.41, 5.74) is -1.76. The predicted molar refractivity (Wildman–Crippen MR) is 122 cm³/mol. The summed E-state index contributed by atoms with van der Waals surface area (Å²) in [6, 6.07) is 0. The number of fused-ring (bicyclic) bond motifs is 5. The van der Waals surface area contributed by atoms with Crippen LogP contribution in [0.1, 0.15) is 65.7 Å². The van der Waals surface area contributed by atoms with Gasteiger partial charge in [-0.05, 0) is 80.9 Å². The van der Waals surface area contributed by atoms with Crippen LogP contribution in [0.25, 0.3) is 0 Å². The summed E-state index contributed by atoms with van der Waals surface area (Å²) in [6.45, 7) is 6.47. The highest BCUT2D eigenvalue weighted by Gasteiger charge is 2.72. The van der Waals surface area contributed by atoms with Gasteiger partial charge < -0.3 is 5.11 Å². The number of carbonyl (C=O) groups excluding carboxylic acids is 1. The molecular weight excluding hydrogens is 403 g/mol. The lowest BCUT2D eigenvalue weighted by Crippen LogP contribution is -2.67. The van der Waals surface area contributed by atoms with Crippen LogP contribution in [0.3, 0.4) is 0 Å². The van der Waals surface area contributed by atoms with Crippen molar-refractivity contribution in [2.45, 2.75) is 81.6 Å². The molecule has 0 aromatic carbocycles. The van der Waals surface area contributed by atoms with Crippen LogP contribution in [0, 0.1) is 22.7 Å². The molecule has 0 aromatic heterocycles. The summed E-state index contributed by atoms with van der Waals surface area (Å²) in [6.07, 6.45) is 12.6. The van der Waals surface area contributed by atoms with Gasteiger partial charge in [0.2, 0.25) is 0 Å². The van der Waals surface area contributed by atoms with E-state index in [2.05, 4.69) is 31.9 Å². The van der Waals surface area contributed by atoms with E-state index in [4.69, 9.17) is 0 Å². The molecule has 0 saturated heterocycles. The van der Waals surface area contributed by atoms with Gasteiger partial charge in [-0.3, -0.25) is 4.79 Å². The maximum atomic E-state index is 17.1. The Labute approximate surface area is 183 Å². The fourth-order valence-electron chi connectivity index (χ4n) is 7.17. The molecule has 1 N–H and O–H groups in total. The van der Waals surface area contributed by atoms with Crippen LogP contribution in [-0.4, -0.2) is 38.8 Å². The molecule has 0 heterocycles. The van der Waals surface area contributed by atoms with Gasteiger partial charge in [0.05, 0.1) is 10.2 Å². The normalized spacial score (nSPS) is 48.7. The molecule has 5 heteroatoms. The van der Waals surface area contributed by atoms with Crippen molar-refractivity contribution < 1.29 is 14.3 Å². The average molecular weight is 439 g/mol. The Morgan fingerprint density at radius 1 is 1.28 bits per heavy atom. The molecule has 29 heavy (non-hydrogen) atoms. The fourth-order valence-corrected chi connectivity index (χ4v) is 10.5. The molecule has 0 aliphatic heterocycles. The van der Waals surface area contributed by atoms with Crippen molar-refractivity contribution in [1.29, 1.82) is 0 Å². The Morgan fingerprint density at radius 3 is 2.72 bits per heavy atom. The number of aliphatic hydroxyl groups excluding tert-OH is 1. The lowest BCUT2D eigenvalue weighted by Gasteiger charge is -2.63. The van der Waals surface area contributed by atoms with Crippen molar-refractivity contribution in [1.82, 2.24) is 0 Å². The van der Waals surface area contributed by atoms with Crippen LogP contribution >= 0.6 is 23.5 Å². The van der Waals surface area contributed by atoms with Gasteiger partial charge in [-0.25, -0.2) is 4.39 Å². The zero-order chi connectivity index (χ0) is 21.1. The number of hydrogen-bond acceptors (Lipinski definition) is 4. The van der Waals surface area contributed by atoms with Crippen molar-refractivity contribution in [3.63, 3.8) is 0 Å². The number of halogens is 1. The monoisotopic (exact) mass is 438 g/mol. The first-order valence-corrected chi connectivity index (χ1v) is 13.4. The third-order valence-corrected chi connectivity index (χ3v) is 12.7. The van der Waals surface area contributed by atoms with E-state index in [0.29, 0.717) is 6.42 Å². The summed E-state index contributed by atoms with van der Waals surface area (Å²) in [7, 11) is 0. The smallest absolute Gasteiger partial charge is 0.178 e. The quantitative estimate of drug-likeness (QED) is 0.425. The number of rotatable bonds is 5. The Balaban J connectivity index is 1.72. The fraction of sp³-hybridized carbons (Fsp3) is 0.792. The van der Waals surface area contributed by atoms with Crippen LogP contribution in [0.2, 0.25) is 0 Å². The number of alkyl halides is 1. The van der Waals surface area contributed by atoms with Crippen LogP contribution < -0.4 is 0 Å². The second-order valence-electron chi connectivity index (χ2n) is 9.96. The summed E-state index contributed by atoms with van der Waals surface area (Å²) in [5, 5.41) is 11.4. The lowest BCUT2D eigenvalue weighted by atomic mass is 9.46. The number of thioether (sulfide) groups is 2. The van der Waals surface area contributed by atoms with Crippen molar-refractivity contribution >= 4 is 29.3 Å². The molecule has 4 aliphatic rings. The first kappa shape index (κ1) is 22.0. The summed E-state index contributed by atoms with van der Waals surface area (Å²) in [4.78, 5) is 11.9. The van der Waals surface area contributed by atoms with Crippen LogP contribution in [0.4, 0.5) is 4.39 Å². The van der Waals surface area contributed by atoms with Crippen molar-refractivity contribution in [2.24, 2.45) is 22.7 Å². The van der Waals surface area contributed by atoms with Gasteiger partial charge in [0, 0.05) is 11.3 Å². The lowest BCUT2D eigenvalue weighted by molar-refractivity contribution is -0.189. The van der Waals surface area contributed by atoms with E-state index in [1.54, 1.807) is 12.2 Å². The van der Waals surface area contributed by atoms with Crippen LogP contribution in [0.15, 0.2) is 23.8 Å². The van der Waals surface area contributed by atoms with E-state index in [0.717, 1.165) is 37.0 Å². The van der Waals surface area contributed by atoms with Gasteiger partial charge in [-0.2, -0.15) is 0 Å². The second kappa shape index (κ2) is 7.41. The highest BCUT2D eigenvalue weighted by atomic mass is 32.2. The Kier molecular flexibility index (Phi) is 5.61. The molecular formula is C24H35FO2S2. The molecule has 162 valence electrons. The van der Waals surface area contributed by atoms with E-state index in [-0.39, 0.29) is 27.1 Å². The largest absolute Gasteiger partial charge is 0.390 e. The van der Waals surface area contributed by atoms with Gasteiger partial charge in [0.1, 0.15) is 0 Å². The predicted octanol–water partition coefficient (Wildman–Crippen LogP) is 5.95. The number of unbranched alkanes of at least 4 members (excludes halogenated alkanes) is 1. The standard InChI is InChI=1S/C24H35FO2S2/c1-5-6-13-29-23(28-4)12-10-18-19-8-7-16-14-17(26)9-11-21(16,2)24(19,25)20(27)15-22(18,23)3/h9,11,14,18-20,27H,5-8,10,12-13,15H2,1-4H3/t18-,19-,20-,21-,22-,23-,24?/m0/s1. The molecule has 0 radical (unpaired) electrons. The number of ketones is 1. The van der Waals surface area contributed by atoms with E-state index < -0.39 is 17.2 Å². The first-order valence-electron chi connectivity index (χ1n) is 11.2. The number of carbonyl (C=O) groups is 1. The second-order valence-corrected chi connectivity index (χ2v) is 12.7. The summed E-state index contributed by atoms with van der Waals surface area (Å²) in [5.74, 6) is 1.21. The molecule has 1 unspecified atom stereocenters. The molecule has 7 atom stereocenters. The molecule has 0 bridgehead atoms. The minimum absolute atomic E-state index is 0.0516. The molecule has 0 aromatic rings. The van der Waals surface area contributed by atoms with Crippen LogP contribution in [0.5, 0.6) is 0 Å². The Hall–Kier alpha value is -0.260. The summed E-state index contributed by atoms with van der Waals surface area (Å²) < 4.78 is 17.1. The third-order valence-electron chi connectivity index (χ3n) is 8.85. The van der Waals surface area contributed by atoms with Crippen molar-refractivity contribution in [2.75, 3.05) is 12.0 Å². The van der Waals surface area contributed by atoms with E-state index >= 15 is 4.39 Å². The molecule has 2 nitrogen and oxygen atoms in total. The topological polar surface area (TPSA) is 37.3 Å². The van der Waals surface area contributed by atoms with Gasteiger partial charge >= 0.3 is 0 Å². The number of aliphatic hydroxyl groups is 1. The highest BCUT2D eigenvalue weighted by molar-refractivity contribution is 8.18. The minimum Gasteiger partial charge on any atom is -0.390 e. The average Bonchev–Trinajstić information content (AvgIpc) is 2.96. The number of allylic oxidation sites excluding steroid dienone is 4. The highest BCUT2D eigenvalue weighted by Crippen LogP contribution is 2.73. The van der Waals surface area contributed by atoms with Gasteiger partial charge in [-0.1, -0.05) is 31.9 Å². The zero-order valence-electron chi connectivity index (χ0n) is 18.2. The van der Waals surface area contributed by atoms with Gasteiger partial charge in [0.15, 0.2) is 11.5 Å². The SMILES string of the molecule is CCCCS[C@@]1(SC)CC[C@H]2[C@@H]3CCC4=CC(=O)C=C[C@]4(C)C3(F)[C@@H](O)C[C@@]21C. The van der Waals surface area contributed by atoms with Gasteiger partial charge in [0.25, 0.3) is 0 Å². The molecule has 0 amide bonds. The third kappa shape index (κ3) is 2.82. The molecule has 3 fully saturated rings. The first-order chi connectivity index (χ1) is 13.7. The summed E-state index contributed by atoms with van der Waals surface area (Å²) >= 11 is 4.00. The number of hydrogen-bond donors (Lipinski definition) is 1. The van der Waals surface area contributed by atoms with Crippen molar-refractivity contribution in [3.05, 3.63) is 23.8 Å². The minimum atomic E-state index is -1.69. The van der Waals surface area contributed by atoms with E-state index in [1.165, 1.54) is 18.9 Å². The molecule has 0 spiro atoms. The van der Waals surface area contributed by atoms with E-state index in [9.17, 15) is 9.90 Å². The molecule has 4 aliphatic carbocycles. The maximum absolute atomic E-state index is 17.1.